The van der Waals surface area contributed by atoms with E-state index in [9.17, 15) is 0 Å². The Morgan fingerprint density at radius 2 is 1.17 bits per heavy atom. The molecule has 0 aliphatic carbocycles. The molecule has 0 amide bonds. The van der Waals surface area contributed by atoms with Gasteiger partial charge in [0.15, 0.2) is 0 Å². The van der Waals surface area contributed by atoms with Gasteiger partial charge in [-0.05, 0) is 38.8 Å². The van der Waals surface area contributed by atoms with Gasteiger partial charge in [-0.2, -0.15) is 0 Å². The van der Waals surface area contributed by atoms with E-state index in [1.807, 2.05) is 42.5 Å². The molecule has 0 atom stereocenters. The molecule has 0 heterocycles. The first-order valence-electron chi connectivity index (χ1n) is 7.71. The molecule has 4 rings (SSSR count). The molecule has 2 heteroatoms. The van der Waals surface area contributed by atoms with Crippen molar-refractivity contribution in [2.24, 2.45) is 0 Å². The van der Waals surface area contributed by atoms with Crippen LogP contribution >= 0.6 is 15.9 Å². The second kappa shape index (κ2) is 6.03. The predicted octanol–water partition coefficient (Wildman–Crippen LogP) is 5.74. The summed E-state index contributed by atoms with van der Waals surface area (Å²) in [5.74, 6) is 6.55. The fourth-order valence-electron chi connectivity index (χ4n) is 3.00. The number of halogens is 1. The molecular weight excluding hydrogens is 358 g/mol. The van der Waals surface area contributed by atoms with Crippen molar-refractivity contribution in [1.82, 2.24) is 0 Å². The van der Waals surface area contributed by atoms with E-state index in [0.29, 0.717) is 0 Å². The maximum Gasteiger partial charge on any atom is 0.0563 e. The highest BCUT2D eigenvalue weighted by atomic mass is 79.9. The number of benzene rings is 4. The highest BCUT2D eigenvalue weighted by molar-refractivity contribution is 9.10. The molecule has 0 aliphatic heterocycles. The first-order chi connectivity index (χ1) is 11.8. The second-order valence-electron chi connectivity index (χ2n) is 5.61. The molecule has 4 aromatic rings. The molecule has 0 fully saturated rings. The maximum absolute atomic E-state index is 6.47. The SMILES string of the molecule is Nc1c(C#Cc2ccccc2Br)c2ccccc2c2ccccc12. The number of fused-ring (bicyclic) bond motifs is 3. The van der Waals surface area contributed by atoms with Gasteiger partial charge in [-0.1, -0.05) is 72.5 Å². The van der Waals surface area contributed by atoms with Gasteiger partial charge in [0.05, 0.1) is 11.3 Å². The maximum atomic E-state index is 6.47. The minimum Gasteiger partial charge on any atom is -0.397 e. The highest BCUT2D eigenvalue weighted by Crippen LogP contribution is 2.34. The molecule has 1 nitrogen and oxygen atoms in total. The molecule has 24 heavy (non-hydrogen) atoms. The van der Waals surface area contributed by atoms with E-state index in [4.69, 9.17) is 5.73 Å². The van der Waals surface area contributed by atoms with Crippen molar-refractivity contribution in [2.45, 2.75) is 0 Å². The Kier molecular flexibility index (Phi) is 3.72. The Labute approximate surface area is 149 Å². The number of anilines is 1. The summed E-state index contributed by atoms with van der Waals surface area (Å²) in [6.45, 7) is 0. The first kappa shape index (κ1) is 14.8. The van der Waals surface area contributed by atoms with Crippen LogP contribution in [0.25, 0.3) is 21.5 Å². The van der Waals surface area contributed by atoms with E-state index in [-0.39, 0.29) is 0 Å². The number of nitrogens with two attached hydrogens (primary N) is 1. The number of hydrogen-bond donors (Lipinski definition) is 1. The summed E-state index contributed by atoms with van der Waals surface area (Å²) in [5, 5.41) is 4.48. The van der Waals surface area contributed by atoms with Crippen LogP contribution in [0.2, 0.25) is 0 Å². The Bertz CT molecular complexity index is 1130. The number of hydrogen-bond acceptors (Lipinski definition) is 1. The van der Waals surface area contributed by atoms with E-state index in [2.05, 4.69) is 58.1 Å². The normalized spacial score (nSPS) is 10.5. The second-order valence-corrected chi connectivity index (χ2v) is 6.46. The summed E-state index contributed by atoms with van der Waals surface area (Å²) >= 11 is 3.54. The fraction of sp³-hybridized carbons (Fsp3) is 0. The van der Waals surface area contributed by atoms with Gasteiger partial charge in [0.25, 0.3) is 0 Å². The third-order valence-electron chi connectivity index (χ3n) is 4.17. The highest BCUT2D eigenvalue weighted by Gasteiger charge is 2.10. The molecular formula is C22H14BrN. The lowest BCUT2D eigenvalue weighted by Crippen LogP contribution is -1.94. The summed E-state index contributed by atoms with van der Waals surface area (Å²) in [7, 11) is 0. The van der Waals surface area contributed by atoms with Crippen LogP contribution in [-0.2, 0) is 0 Å². The van der Waals surface area contributed by atoms with Gasteiger partial charge >= 0.3 is 0 Å². The lowest BCUT2D eigenvalue weighted by molar-refractivity contribution is 1.59. The smallest absolute Gasteiger partial charge is 0.0563 e. The summed E-state index contributed by atoms with van der Waals surface area (Å²) in [6, 6.07) is 24.5. The predicted molar refractivity (Wildman–Crippen MR) is 106 cm³/mol. The Morgan fingerprint density at radius 3 is 1.88 bits per heavy atom. The zero-order valence-corrected chi connectivity index (χ0v) is 14.5. The largest absolute Gasteiger partial charge is 0.397 e. The van der Waals surface area contributed by atoms with Crippen LogP contribution in [0.1, 0.15) is 11.1 Å². The third-order valence-corrected chi connectivity index (χ3v) is 4.86. The van der Waals surface area contributed by atoms with Crippen LogP contribution in [0.4, 0.5) is 5.69 Å². The summed E-state index contributed by atoms with van der Waals surface area (Å²) in [6.07, 6.45) is 0. The Hall–Kier alpha value is -2.76. The van der Waals surface area contributed by atoms with Crippen LogP contribution in [-0.4, -0.2) is 0 Å². The van der Waals surface area contributed by atoms with Gasteiger partial charge in [0, 0.05) is 20.8 Å². The van der Waals surface area contributed by atoms with Gasteiger partial charge in [0.2, 0.25) is 0 Å². The van der Waals surface area contributed by atoms with E-state index >= 15 is 0 Å². The van der Waals surface area contributed by atoms with Crippen molar-refractivity contribution in [3.63, 3.8) is 0 Å². The molecule has 0 unspecified atom stereocenters. The number of nitrogen functional groups attached to an aromatic ring is 1. The van der Waals surface area contributed by atoms with Crippen LogP contribution < -0.4 is 5.73 Å². The van der Waals surface area contributed by atoms with Crippen molar-refractivity contribution in [1.29, 1.82) is 0 Å². The van der Waals surface area contributed by atoms with Crippen LogP contribution in [0.3, 0.4) is 0 Å². The van der Waals surface area contributed by atoms with Crippen molar-refractivity contribution < 1.29 is 0 Å². The molecule has 4 aromatic carbocycles. The molecule has 0 bridgehead atoms. The summed E-state index contributed by atoms with van der Waals surface area (Å²) < 4.78 is 0.987. The van der Waals surface area contributed by atoms with E-state index < -0.39 is 0 Å². The van der Waals surface area contributed by atoms with Crippen molar-refractivity contribution in [3.05, 3.63) is 88.4 Å². The van der Waals surface area contributed by atoms with E-state index in [1.165, 1.54) is 5.39 Å². The minimum atomic E-state index is 0.740. The molecule has 0 spiro atoms. The Balaban J connectivity index is 2.05. The Morgan fingerprint density at radius 1 is 0.625 bits per heavy atom. The van der Waals surface area contributed by atoms with Crippen LogP contribution in [0.5, 0.6) is 0 Å². The monoisotopic (exact) mass is 371 g/mol. The average Bonchev–Trinajstić information content (AvgIpc) is 2.63. The standard InChI is InChI=1S/C22H14BrN/c23-21-12-6-1-7-15(21)13-14-20-18-10-3-2-8-16(18)17-9-4-5-11-19(17)22(20)24/h1-12H,24H2. The summed E-state index contributed by atoms with van der Waals surface area (Å²) in [5.41, 5.74) is 9.05. The fourth-order valence-corrected chi connectivity index (χ4v) is 3.38. The summed E-state index contributed by atoms with van der Waals surface area (Å²) in [4.78, 5) is 0. The van der Waals surface area contributed by atoms with Gasteiger partial charge < -0.3 is 5.73 Å². The van der Waals surface area contributed by atoms with Crippen molar-refractivity contribution >= 4 is 43.2 Å². The third kappa shape index (κ3) is 2.44. The van der Waals surface area contributed by atoms with E-state index in [1.54, 1.807) is 0 Å². The molecule has 0 aliphatic rings. The quantitative estimate of drug-likeness (QED) is 0.238. The molecule has 2 N–H and O–H groups in total. The topological polar surface area (TPSA) is 26.0 Å². The molecule has 114 valence electrons. The minimum absolute atomic E-state index is 0.740. The zero-order chi connectivity index (χ0) is 16.5. The molecule has 0 saturated heterocycles. The van der Waals surface area contributed by atoms with E-state index in [0.717, 1.165) is 37.4 Å². The lowest BCUT2D eigenvalue weighted by atomic mass is 9.95. The average molecular weight is 372 g/mol. The van der Waals surface area contributed by atoms with Crippen LogP contribution in [0, 0.1) is 11.8 Å². The van der Waals surface area contributed by atoms with Crippen molar-refractivity contribution in [3.8, 4) is 11.8 Å². The number of rotatable bonds is 0. The zero-order valence-electron chi connectivity index (χ0n) is 12.9. The molecule has 0 aromatic heterocycles. The lowest BCUT2D eigenvalue weighted by Gasteiger charge is -2.10. The van der Waals surface area contributed by atoms with Crippen LogP contribution in [0.15, 0.2) is 77.3 Å². The van der Waals surface area contributed by atoms with Crippen molar-refractivity contribution in [2.75, 3.05) is 5.73 Å². The molecule has 0 radical (unpaired) electrons. The van der Waals surface area contributed by atoms with Gasteiger partial charge in [-0.25, -0.2) is 0 Å². The van der Waals surface area contributed by atoms with Gasteiger partial charge in [0.1, 0.15) is 0 Å². The first-order valence-corrected chi connectivity index (χ1v) is 8.50. The van der Waals surface area contributed by atoms with Gasteiger partial charge in [-0.3, -0.25) is 0 Å². The molecule has 0 saturated carbocycles. The van der Waals surface area contributed by atoms with Gasteiger partial charge in [-0.15, -0.1) is 0 Å².